The van der Waals surface area contributed by atoms with E-state index in [4.69, 9.17) is 0 Å². The van der Waals surface area contributed by atoms with Crippen LogP contribution >= 0.6 is 0 Å². The Hall–Kier alpha value is -2.37. The largest absolute Gasteiger partial charge is 0.355 e. The van der Waals surface area contributed by atoms with E-state index in [2.05, 4.69) is 49.6 Å². The molecule has 1 aliphatic heterocycles. The lowest BCUT2D eigenvalue weighted by molar-refractivity contribution is -0.132. The Morgan fingerprint density at radius 2 is 1.93 bits per heavy atom. The lowest BCUT2D eigenvalue weighted by atomic mass is 9.82. The van der Waals surface area contributed by atoms with Crippen LogP contribution in [0, 0.1) is 6.92 Å². The van der Waals surface area contributed by atoms with Crippen molar-refractivity contribution in [2.75, 3.05) is 13.1 Å². The molecule has 1 aromatic rings. The molecule has 1 saturated heterocycles. The van der Waals surface area contributed by atoms with Crippen molar-refractivity contribution >= 4 is 17.8 Å². The number of imide groups is 1. The molecule has 2 aliphatic rings. The lowest BCUT2D eigenvalue weighted by Gasteiger charge is -2.30. The van der Waals surface area contributed by atoms with Gasteiger partial charge in [-0.25, -0.2) is 4.79 Å². The molecule has 152 valence electrons. The van der Waals surface area contributed by atoms with Gasteiger partial charge in [0.05, 0.1) is 0 Å². The first-order valence-corrected chi connectivity index (χ1v) is 10.2. The van der Waals surface area contributed by atoms with Crippen LogP contribution in [0.3, 0.4) is 0 Å². The highest BCUT2D eigenvalue weighted by molar-refractivity contribution is 6.07. The van der Waals surface area contributed by atoms with Gasteiger partial charge in [-0.1, -0.05) is 62.9 Å². The summed E-state index contributed by atoms with van der Waals surface area (Å²) in [6, 6.07) is 7.90. The van der Waals surface area contributed by atoms with Crippen molar-refractivity contribution in [2.24, 2.45) is 0 Å². The summed E-state index contributed by atoms with van der Waals surface area (Å²) in [7, 11) is 0. The summed E-state index contributed by atoms with van der Waals surface area (Å²) in [5.41, 5.74) is 1.43. The number of nitrogens with one attached hydrogen (secondary N) is 2. The molecule has 3 rings (SSSR count). The van der Waals surface area contributed by atoms with Gasteiger partial charge in [0, 0.05) is 24.9 Å². The molecule has 1 heterocycles. The number of hydrogen-bond acceptors (Lipinski definition) is 3. The molecule has 0 bridgehead atoms. The Bertz CT molecular complexity index is 766. The van der Waals surface area contributed by atoms with Gasteiger partial charge in [-0.05, 0) is 25.3 Å². The van der Waals surface area contributed by atoms with E-state index < -0.39 is 5.54 Å². The van der Waals surface area contributed by atoms with Gasteiger partial charge in [0.2, 0.25) is 5.91 Å². The van der Waals surface area contributed by atoms with E-state index in [-0.39, 0.29) is 36.2 Å². The van der Waals surface area contributed by atoms with Crippen molar-refractivity contribution in [3.8, 4) is 0 Å². The summed E-state index contributed by atoms with van der Waals surface area (Å²) in [5.74, 6) is -0.309. The third kappa shape index (κ3) is 4.21. The van der Waals surface area contributed by atoms with Crippen LogP contribution in [0.5, 0.6) is 0 Å². The summed E-state index contributed by atoms with van der Waals surface area (Å²) in [6.45, 7) is 6.86. The second-order valence-corrected chi connectivity index (χ2v) is 8.81. The normalized spacial score (nSPS) is 19.0. The molecule has 4 amide bonds. The van der Waals surface area contributed by atoms with E-state index in [1.807, 2.05) is 6.07 Å². The second-order valence-electron chi connectivity index (χ2n) is 8.81. The predicted octanol–water partition coefficient (Wildman–Crippen LogP) is 3.03. The zero-order valence-electron chi connectivity index (χ0n) is 17.1. The molecule has 2 N–H and O–H groups in total. The minimum atomic E-state index is -0.723. The van der Waals surface area contributed by atoms with Crippen molar-refractivity contribution < 1.29 is 14.4 Å². The Morgan fingerprint density at radius 3 is 2.61 bits per heavy atom. The van der Waals surface area contributed by atoms with Gasteiger partial charge < -0.3 is 10.6 Å². The third-order valence-electron chi connectivity index (χ3n) is 6.04. The molecule has 6 nitrogen and oxygen atoms in total. The van der Waals surface area contributed by atoms with E-state index >= 15 is 0 Å². The van der Waals surface area contributed by atoms with E-state index in [0.29, 0.717) is 19.4 Å². The molecule has 0 unspecified atom stereocenters. The van der Waals surface area contributed by atoms with Gasteiger partial charge >= 0.3 is 6.03 Å². The molecule has 1 aromatic carbocycles. The number of benzene rings is 1. The van der Waals surface area contributed by atoms with Crippen LogP contribution in [0.4, 0.5) is 4.79 Å². The number of carbonyl (C=O) groups is 3. The van der Waals surface area contributed by atoms with Crippen LogP contribution in [0.1, 0.15) is 63.5 Å². The summed E-state index contributed by atoms with van der Waals surface area (Å²) >= 11 is 0. The number of aryl methyl sites for hydroxylation is 1. The molecule has 0 radical (unpaired) electrons. The van der Waals surface area contributed by atoms with Gasteiger partial charge in [0.1, 0.15) is 5.54 Å². The number of urea groups is 1. The van der Waals surface area contributed by atoms with Gasteiger partial charge in [-0.3, -0.25) is 14.5 Å². The number of rotatable bonds is 6. The smallest absolute Gasteiger partial charge is 0.325 e. The summed E-state index contributed by atoms with van der Waals surface area (Å²) in [4.78, 5) is 38.6. The first-order valence-electron chi connectivity index (χ1n) is 10.2. The van der Waals surface area contributed by atoms with E-state index in [1.54, 1.807) is 0 Å². The fourth-order valence-corrected chi connectivity index (χ4v) is 4.16. The molecule has 1 saturated carbocycles. The molecule has 1 aliphatic carbocycles. The molecule has 0 aromatic heterocycles. The van der Waals surface area contributed by atoms with E-state index in [1.165, 1.54) is 16.0 Å². The molecule has 28 heavy (non-hydrogen) atoms. The Labute approximate surface area is 167 Å². The van der Waals surface area contributed by atoms with Gasteiger partial charge in [-0.15, -0.1) is 0 Å². The van der Waals surface area contributed by atoms with Crippen molar-refractivity contribution in [2.45, 2.75) is 70.3 Å². The number of carbonyl (C=O) groups excluding carboxylic acids is 3. The maximum absolute atomic E-state index is 12.8. The molecule has 1 spiro atoms. The highest BCUT2D eigenvalue weighted by Gasteiger charge is 2.51. The number of nitrogens with zero attached hydrogens (tertiary/aromatic N) is 1. The number of amides is 4. The van der Waals surface area contributed by atoms with Crippen LogP contribution in [-0.4, -0.2) is 41.4 Å². The lowest BCUT2D eigenvalue weighted by Crippen LogP contribution is -2.48. The molecule has 0 atom stereocenters. The monoisotopic (exact) mass is 385 g/mol. The van der Waals surface area contributed by atoms with Crippen LogP contribution < -0.4 is 10.6 Å². The van der Waals surface area contributed by atoms with Crippen LogP contribution in [0.2, 0.25) is 0 Å². The summed E-state index contributed by atoms with van der Waals surface area (Å²) in [6.07, 6.45) is 4.53. The SMILES string of the molecule is Cc1cccc(C(C)(C)CNC(=O)CCN2C(=O)NC3(CCCCC3)C2=O)c1. The van der Waals surface area contributed by atoms with Gasteiger partial charge in [0.25, 0.3) is 5.91 Å². The molecule has 2 fully saturated rings. The van der Waals surface area contributed by atoms with E-state index in [9.17, 15) is 14.4 Å². The maximum atomic E-state index is 12.8. The maximum Gasteiger partial charge on any atom is 0.325 e. The first kappa shape index (κ1) is 20.4. The Morgan fingerprint density at radius 1 is 1.21 bits per heavy atom. The second kappa shape index (κ2) is 7.94. The minimum absolute atomic E-state index is 0.124. The summed E-state index contributed by atoms with van der Waals surface area (Å²) in [5, 5.41) is 5.84. The van der Waals surface area contributed by atoms with Crippen molar-refractivity contribution in [1.82, 2.24) is 15.5 Å². The molecule has 6 heteroatoms. The van der Waals surface area contributed by atoms with Crippen LogP contribution in [0.15, 0.2) is 24.3 Å². The highest BCUT2D eigenvalue weighted by atomic mass is 16.2. The Kier molecular flexibility index (Phi) is 5.77. The fourth-order valence-electron chi connectivity index (χ4n) is 4.16. The first-order chi connectivity index (χ1) is 13.2. The standard InChI is InChI=1S/C22H31N3O3/c1-16-8-7-9-17(14-16)21(2,3)15-23-18(26)10-13-25-19(27)22(24-20(25)28)11-5-4-6-12-22/h7-9,14H,4-6,10-13,15H2,1-3H3,(H,23,26)(H,24,28). The predicted molar refractivity (Wildman–Crippen MR) is 108 cm³/mol. The van der Waals surface area contributed by atoms with Crippen molar-refractivity contribution in [3.63, 3.8) is 0 Å². The van der Waals surface area contributed by atoms with Gasteiger partial charge in [0.15, 0.2) is 0 Å². The van der Waals surface area contributed by atoms with Crippen molar-refractivity contribution in [3.05, 3.63) is 35.4 Å². The third-order valence-corrected chi connectivity index (χ3v) is 6.04. The Balaban J connectivity index is 1.51. The van der Waals surface area contributed by atoms with Crippen LogP contribution in [0.25, 0.3) is 0 Å². The zero-order valence-corrected chi connectivity index (χ0v) is 17.1. The van der Waals surface area contributed by atoms with Crippen molar-refractivity contribution in [1.29, 1.82) is 0 Å². The molecular weight excluding hydrogens is 354 g/mol. The van der Waals surface area contributed by atoms with Gasteiger partial charge in [-0.2, -0.15) is 0 Å². The van der Waals surface area contributed by atoms with E-state index in [0.717, 1.165) is 19.3 Å². The fraction of sp³-hybridized carbons (Fsp3) is 0.591. The topological polar surface area (TPSA) is 78.5 Å². The highest BCUT2D eigenvalue weighted by Crippen LogP contribution is 2.33. The summed E-state index contributed by atoms with van der Waals surface area (Å²) < 4.78 is 0. The quantitative estimate of drug-likeness (QED) is 0.739. The minimum Gasteiger partial charge on any atom is -0.355 e. The average molecular weight is 386 g/mol. The number of hydrogen-bond donors (Lipinski definition) is 2. The molecular formula is C22H31N3O3. The average Bonchev–Trinajstić information content (AvgIpc) is 2.88. The zero-order chi connectivity index (χ0) is 20.4. The van der Waals surface area contributed by atoms with Crippen LogP contribution in [-0.2, 0) is 15.0 Å².